The minimum Gasteiger partial charge on any atom is -0.466 e. The summed E-state index contributed by atoms with van der Waals surface area (Å²) in [6.07, 6.45) is 14.9. The fourth-order valence-electron chi connectivity index (χ4n) is 3.01. The van der Waals surface area contributed by atoms with Crippen molar-refractivity contribution in [2.75, 3.05) is 57.8 Å². The van der Waals surface area contributed by atoms with Gasteiger partial charge in [-0.3, -0.25) is 4.79 Å². The van der Waals surface area contributed by atoms with E-state index in [1.807, 2.05) is 18.7 Å². The van der Waals surface area contributed by atoms with Gasteiger partial charge in [-0.1, -0.05) is 64.7 Å². The molecule has 0 rings (SSSR count). The lowest BCUT2D eigenvalue weighted by atomic mass is 10.1. The number of thioether (sulfide) groups is 1. The zero-order valence-corrected chi connectivity index (χ0v) is 20.6. The maximum atomic E-state index is 11.2. The predicted octanol–water partition coefficient (Wildman–Crippen LogP) is 6.03. The van der Waals surface area contributed by atoms with Crippen molar-refractivity contribution in [2.45, 2.75) is 90.9 Å². The van der Waals surface area contributed by atoms with Crippen LogP contribution in [0.3, 0.4) is 0 Å². The lowest BCUT2D eigenvalue weighted by molar-refractivity contribution is -0.143. The highest BCUT2D eigenvalue weighted by Gasteiger charge is 2.00. The van der Waals surface area contributed by atoms with Gasteiger partial charge in [0.25, 0.3) is 0 Å². The molecule has 0 radical (unpaired) electrons. The molecule has 0 aromatic rings. The van der Waals surface area contributed by atoms with Crippen LogP contribution in [0.25, 0.3) is 0 Å². The summed E-state index contributed by atoms with van der Waals surface area (Å²) in [7, 11) is 0. The molecule has 0 unspecified atom stereocenters. The number of carbonyl (C=O) groups is 1. The van der Waals surface area contributed by atoms with Gasteiger partial charge in [-0.05, 0) is 25.5 Å². The van der Waals surface area contributed by atoms with Gasteiger partial charge in [0, 0.05) is 18.8 Å². The molecule has 0 saturated carbocycles. The minimum absolute atomic E-state index is 0.0982. The standard InChI is InChI=1S/C24H48O5S/c1-3-5-6-7-8-9-10-11-12-13-16-26-17-18-27-19-20-28-21-23-30-22-14-15-24(25)29-4-2/h3-23H2,1-2H3. The predicted molar refractivity (Wildman–Crippen MR) is 127 cm³/mol. The number of hydrogen-bond donors (Lipinski definition) is 0. The monoisotopic (exact) mass is 448 g/mol. The van der Waals surface area contributed by atoms with Crippen molar-refractivity contribution in [3.05, 3.63) is 0 Å². The Morgan fingerprint density at radius 2 is 1.13 bits per heavy atom. The summed E-state index contributed by atoms with van der Waals surface area (Å²) in [4.78, 5) is 11.2. The molecule has 30 heavy (non-hydrogen) atoms. The first kappa shape index (κ1) is 29.7. The van der Waals surface area contributed by atoms with Gasteiger partial charge >= 0.3 is 5.97 Å². The van der Waals surface area contributed by atoms with Gasteiger partial charge in [0.1, 0.15) is 0 Å². The summed E-state index contributed by atoms with van der Waals surface area (Å²) in [6, 6.07) is 0. The second-order valence-corrected chi connectivity index (χ2v) is 8.76. The molecule has 6 heteroatoms. The zero-order chi connectivity index (χ0) is 22.0. The SMILES string of the molecule is CCCCCCCCCCCCOCCOCCOCCSCCCC(=O)OCC. The van der Waals surface area contributed by atoms with Crippen LogP contribution in [0.1, 0.15) is 90.9 Å². The Kier molecular flexibility index (Phi) is 26.5. The van der Waals surface area contributed by atoms with E-state index in [0.29, 0.717) is 39.5 Å². The van der Waals surface area contributed by atoms with Crippen molar-refractivity contribution in [1.29, 1.82) is 0 Å². The molecule has 0 spiro atoms. The second kappa shape index (κ2) is 26.7. The summed E-state index contributed by atoms with van der Waals surface area (Å²) in [5, 5.41) is 0. The van der Waals surface area contributed by atoms with Crippen LogP contribution in [0.5, 0.6) is 0 Å². The van der Waals surface area contributed by atoms with Crippen LogP contribution in [-0.4, -0.2) is 63.7 Å². The van der Waals surface area contributed by atoms with Crippen LogP contribution >= 0.6 is 11.8 Å². The van der Waals surface area contributed by atoms with Gasteiger partial charge in [0.2, 0.25) is 0 Å². The maximum absolute atomic E-state index is 11.2. The van der Waals surface area contributed by atoms with Gasteiger partial charge in [0.05, 0.1) is 39.6 Å². The lowest BCUT2D eigenvalue weighted by Gasteiger charge is -2.07. The fourth-order valence-corrected chi connectivity index (χ4v) is 3.79. The molecular formula is C24H48O5S. The van der Waals surface area contributed by atoms with E-state index in [0.717, 1.165) is 37.6 Å². The van der Waals surface area contributed by atoms with Crippen molar-refractivity contribution in [1.82, 2.24) is 0 Å². The molecule has 0 N–H and O–H groups in total. The zero-order valence-electron chi connectivity index (χ0n) is 19.8. The summed E-state index contributed by atoms with van der Waals surface area (Å²) < 4.78 is 21.6. The Bertz CT molecular complexity index is 342. The summed E-state index contributed by atoms with van der Waals surface area (Å²) in [6.45, 7) is 8.71. The lowest BCUT2D eigenvalue weighted by Crippen LogP contribution is -2.11. The molecule has 0 atom stereocenters. The second-order valence-electron chi connectivity index (χ2n) is 7.54. The molecule has 0 aromatic carbocycles. The molecule has 0 aliphatic heterocycles. The number of ether oxygens (including phenoxy) is 4. The number of hydrogen-bond acceptors (Lipinski definition) is 6. The van der Waals surface area contributed by atoms with Crippen LogP contribution < -0.4 is 0 Å². The smallest absolute Gasteiger partial charge is 0.305 e. The van der Waals surface area contributed by atoms with E-state index in [1.54, 1.807) is 0 Å². The molecule has 0 amide bonds. The molecule has 0 fully saturated rings. The number of unbranched alkanes of at least 4 members (excludes halogenated alkanes) is 9. The van der Waals surface area contributed by atoms with Crippen molar-refractivity contribution >= 4 is 17.7 Å². The third kappa shape index (κ3) is 25.7. The van der Waals surface area contributed by atoms with Crippen LogP contribution in [0.2, 0.25) is 0 Å². The highest BCUT2D eigenvalue weighted by molar-refractivity contribution is 7.99. The van der Waals surface area contributed by atoms with Gasteiger partial charge in [0.15, 0.2) is 0 Å². The van der Waals surface area contributed by atoms with Crippen LogP contribution in [0.15, 0.2) is 0 Å². The van der Waals surface area contributed by atoms with Gasteiger partial charge < -0.3 is 18.9 Å². The van der Waals surface area contributed by atoms with Gasteiger partial charge in [-0.15, -0.1) is 0 Å². The van der Waals surface area contributed by atoms with E-state index in [1.165, 1.54) is 57.8 Å². The average molecular weight is 449 g/mol. The van der Waals surface area contributed by atoms with Crippen molar-refractivity contribution in [3.8, 4) is 0 Å². The quantitative estimate of drug-likeness (QED) is 0.125. The topological polar surface area (TPSA) is 54.0 Å². The van der Waals surface area contributed by atoms with E-state index >= 15 is 0 Å². The summed E-state index contributed by atoms with van der Waals surface area (Å²) in [5.74, 6) is 1.82. The third-order valence-corrected chi connectivity index (χ3v) is 5.77. The van der Waals surface area contributed by atoms with E-state index in [2.05, 4.69) is 6.92 Å². The summed E-state index contributed by atoms with van der Waals surface area (Å²) >= 11 is 1.81. The minimum atomic E-state index is -0.0982. The Labute approximate surface area is 190 Å². The molecule has 5 nitrogen and oxygen atoms in total. The first-order valence-electron chi connectivity index (χ1n) is 12.3. The van der Waals surface area contributed by atoms with E-state index in [9.17, 15) is 4.79 Å². The van der Waals surface area contributed by atoms with Crippen molar-refractivity contribution in [3.63, 3.8) is 0 Å². The third-order valence-electron chi connectivity index (χ3n) is 4.73. The maximum Gasteiger partial charge on any atom is 0.305 e. The molecule has 0 bridgehead atoms. The largest absolute Gasteiger partial charge is 0.466 e. The van der Waals surface area contributed by atoms with Crippen LogP contribution in [0, 0.1) is 0 Å². The molecule has 0 aliphatic carbocycles. The van der Waals surface area contributed by atoms with Crippen LogP contribution in [-0.2, 0) is 23.7 Å². The molecule has 180 valence electrons. The number of carbonyl (C=O) groups excluding carboxylic acids is 1. The molecule has 0 saturated heterocycles. The Morgan fingerprint density at radius 1 is 0.600 bits per heavy atom. The van der Waals surface area contributed by atoms with E-state index in [-0.39, 0.29) is 5.97 Å². The van der Waals surface area contributed by atoms with Crippen molar-refractivity contribution < 1.29 is 23.7 Å². The Hall–Kier alpha value is -0.300. The first-order chi connectivity index (χ1) is 14.8. The highest BCUT2D eigenvalue weighted by atomic mass is 32.2. The normalized spacial score (nSPS) is 11.1. The fraction of sp³-hybridized carbons (Fsp3) is 0.958. The van der Waals surface area contributed by atoms with Gasteiger partial charge in [-0.25, -0.2) is 0 Å². The molecule has 0 heterocycles. The Balaban J connectivity index is 3.03. The number of rotatable bonds is 25. The van der Waals surface area contributed by atoms with Crippen molar-refractivity contribution in [2.24, 2.45) is 0 Å². The van der Waals surface area contributed by atoms with Crippen LogP contribution in [0.4, 0.5) is 0 Å². The van der Waals surface area contributed by atoms with Gasteiger partial charge in [-0.2, -0.15) is 11.8 Å². The molecular weight excluding hydrogens is 400 g/mol. The molecule has 0 aliphatic rings. The first-order valence-corrected chi connectivity index (χ1v) is 13.4. The molecule has 0 aromatic heterocycles. The van der Waals surface area contributed by atoms with E-state index in [4.69, 9.17) is 18.9 Å². The number of esters is 1. The highest BCUT2D eigenvalue weighted by Crippen LogP contribution is 2.10. The van der Waals surface area contributed by atoms with E-state index < -0.39 is 0 Å². The Morgan fingerprint density at radius 3 is 1.73 bits per heavy atom. The average Bonchev–Trinajstić information content (AvgIpc) is 2.74. The summed E-state index contributed by atoms with van der Waals surface area (Å²) in [5.41, 5.74) is 0.